The fourth-order valence-corrected chi connectivity index (χ4v) is 5.39. The fourth-order valence-electron chi connectivity index (χ4n) is 3.92. The number of piperazine rings is 1. The molecule has 2 amide bonds. The molecular weight excluding hydrogens is 452 g/mol. The topological polar surface area (TPSA) is 98.8 Å². The van der Waals surface area contributed by atoms with Gasteiger partial charge in [0.2, 0.25) is 15.9 Å². The molecule has 1 atom stereocenters. The molecule has 1 unspecified atom stereocenters. The lowest BCUT2D eigenvalue weighted by atomic mass is 10.0. The van der Waals surface area contributed by atoms with Crippen LogP contribution in [0.4, 0.5) is 5.69 Å². The van der Waals surface area contributed by atoms with Crippen LogP contribution in [0, 0.1) is 5.92 Å². The lowest BCUT2D eigenvalue weighted by molar-refractivity contribution is -0.127. The third kappa shape index (κ3) is 6.65. The van der Waals surface area contributed by atoms with E-state index in [0.29, 0.717) is 43.9 Å². The van der Waals surface area contributed by atoms with Gasteiger partial charge in [0.05, 0.1) is 4.90 Å². The summed E-state index contributed by atoms with van der Waals surface area (Å²) in [4.78, 5) is 27.9. The van der Waals surface area contributed by atoms with Crippen molar-refractivity contribution in [3.63, 3.8) is 0 Å². The second-order valence-electron chi connectivity index (χ2n) is 8.86. The van der Waals surface area contributed by atoms with Crippen LogP contribution in [0.1, 0.15) is 38.8 Å². The van der Waals surface area contributed by atoms with Crippen molar-refractivity contribution in [1.29, 1.82) is 0 Å². The molecule has 3 rings (SSSR count). The highest BCUT2D eigenvalue weighted by Gasteiger charge is 2.29. The van der Waals surface area contributed by atoms with Crippen molar-refractivity contribution in [3.8, 4) is 0 Å². The van der Waals surface area contributed by atoms with Crippen molar-refractivity contribution in [3.05, 3.63) is 60.2 Å². The summed E-state index contributed by atoms with van der Waals surface area (Å²) in [5.41, 5.74) is 1.01. The SMILES string of the molecule is CCN1CCN(S(=O)(=O)c2cccc(NC(=O)C(NC(=O)CC(C)C)c3ccccc3)c2)CC1. The number of nitrogens with zero attached hydrogens (tertiary/aromatic N) is 2. The molecule has 9 heteroatoms. The number of benzene rings is 2. The molecule has 184 valence electrons. The number of hydrogen-bond donors (Lipinski definition) is 2. The van der Waals surface area contributed by atoms with Gasteiger partial charge in [0, 0.05) is 38.3 Å². The number of amides is 2. The third-order valence-corrected chi connectivity index (χ3v) is 7.71. The predicted octanol–water partition coefficient (Wildman–Crippen LogP) is 2.85. The summed E-state index contributed by atoms with van der Waals surface area (Å²) in [6.07, 6.45) is 0.301. The van der Waals surface area contributed by atoms with Gasteiger partial charge in [0.15, 0.2) is 0 Å². The first-order chi connectivity index (χ1) is 16.2. The molecule has 0 spiro atoms. The molecule has 1 fully saturated rings. The number of rotatable bonds is 9. The molecule has 0 aliphatic carbocycles. The van der Waals surface area contributed by atoms with Crippen LogP contribution in [0.15, 0.2) is 59.5 Å². The van der Waals surface area contributed by atoms with Crippen molar-refractivity contribution in [1.82, 2.24) is 14.5 Å². The van der Waals surface area contributed by atoms with E-state index in [9.17, 15) is 18.0 Å². The van der Waals surface area contributed by atoms with Crippen molar-refractivity contribution >= 4 is 27.5 Å². The molecule has 1 saturated heterocycles. The molecule has 1 aliphatic rings. The minimum atomic E-state index is -3.67. The Morgan fingerprint density at radius 3 is 2.26 bits per heavy atom. The highest BCUT2D eigenvalue weighted by molar-refractivity contribution is 7.89. The monoisotopic (exact) mass is 486 g/mol. The number of carbonyl (C=O) groups excluding carboxylic acids is 2. The van der Waals surface area contributed by atoms with Gasteiger partial charge in [-0.25, -0.2) is 8.42 Å². The first-order valence-corrected chi connectivity index (χ1v) is 13.1. The summed E-state index contributed by atoms with van der Waals surface area (Å²) in [5, 5.41) is 5.59. The zero-order valence-electron chi connectivity index (χ0n) is 20.0. The van der Waals surface area contributed by atoms with Crippen molar-refractivity contribution < 1.29 is 18.0 Å². The molecule has 1 heterocycles. The van der Waals surface area contributed by atoms with Gasteiger partial charge in [-0.1, -0.05) is 57.2 Å². The van der Waals surface area contributed by atoms with Crippen LogP contribution in [0.25, 0.3) is 0 Å². The predicted molar refractivity (Wildman–Crippen MR) is 133 cm³/mol. The van der Waals surface area contributed by atoms with Crippen molar-refractivity contribution in [2.24, 2.45) is 5.92 Å². The molecule has 1 aliphatic heterocycles. The van der Waals surface area contributed by atoms with E-state index in [4.69, 9.17) is 0 Å². The second kappa shape index (κ2) is 11.6. The number of anilines is 1. The molecule has 2 aromatic rings. The van der Waals surface area contributed by atoms with E-state index in [0.717, 1.165) is 6.54 Å². The summed E-state index contributed by atoms with van der Waals surface area (Å²) in [5.74, 6) is -0.503. The normalized spacial score (nSPS) is 16.2. The first-order valence-electron chi connectivity index (χ1n) is 11.7. The molecule has 8 nitrogen and oxygen atoms in total. The molecule has 2 N–H and O–H groups in total. The molecule has 2 aromatic carbocycles. The first kappa shape index (κ1) is 25.9. The van der Waals surface area contributed by atoms with E-state index in [1.165, 1.54) is 16.4 Å². The molecular formula is C25H34N4O4S. The Hall–Kier alpha value is -2.75. The van der Waals surface area contributed by atoms with Crippen molar-refractivity contribution in [2.75, 3.05) is 38.0 Å². The molecule has 0 aromatic heterocycles. The van der Waals surface area contributed by atoms with Gasteiger partial charge >= 0.3 is 0 Å². The van der Waals surface area contributed by atoms with Crippen LogP contribution in [-0.2, 0) is 19.6 Å². The van der Waals surface area contributed by atoms with Crippen molar-refractivity contribution in [2.45, 2.75) is 38.1 Å². The maximum atomic E-state index is 13.2. The highest BCUT2D eigenvalue weighted by Crippen LogP contribution is 2.23. The quantitative estimate of drug-likeness (QED) is 0.568. The highest BCUT2D eigenvalue weighted by atomic mass is 32.2. The Balaban J connectivity index is 1.77. The Morgan fingerprint density at radius 2 is 1.65 bits per heavy atom. The maximum absolute atomic E-state index is 13.2. The summed E-state index contributed by atoms with van der Waals surface area (Å²) in [6, 6.07) is 14.4. The van der Waals surface area contributed by atoms with Crippen LogP contribution < -0.4 is 10.6 Å². The number of nitrogens with one attached hydrogen (secondary N) is 2. The Morgan fingerprint density at radius 1 is 0.971 bits per heavy atom. The van der Waals surface area contributed by atoms with Crippen LogP contribution in [-0.4, -0.2) is 62.2 Å². The average Bonchev–Trinajstić information content (AvgIpc) is 2.82. The number of likely N-dealkylation sites (N-methyl/N-ethyl adjacent to an activating group) is 1. The average molecular weight is 487 g/mol. The van der Waals surface area contributed by atoms with Gasteiger partial charge in [-0.15, -0.1) is 0 Å². The van der Waals surface area contributed by atoms with Crippen LogP contribution in [0.5, 0.6) is 0 Å². The fraction of sp³-hybridized carbons (Fsp3) is 0.440. The van der Waals surface area contributed by atoms with Gasteiger partial charge in [-0.2, -0.15) is 4.31 Å². The zero-order chi connectivity index (χ0) is 24.7. The lowest BCUT2D eigenvalue weighted by Gasteiger charge is -2.33. The minimum Gasteiger partial charge on any atom is -0.341 e. The second-order valence-corrected chi connectivity index (χ2v) is 10.8. The van der Waals surface area contributed by atoms with Crippen LogP contribution >= 0.6 is 0 Å². The van der Waals surface area contributed by atoms with E-state index >= 15 is 0 Å². The summed E-state index contributed by atoms with van der Waals surface area (Å²) in [6.45, 7) is 9.09. The largest absolute Gasteiger partial charge is 0.341 e. The number of hydrogen-bond acceptors (Lipinski definition) is 5. The molecule has 0 bridgehead atoms. The summed E-state index contributed by atoms with van der Waals surface area (Å²) < 4.78 is 27.8. The van der Waals surface area contributed by atoms with Gasteiger partial charge in [-0.3, -0.25) is 9.59 Å². The van der Waals surface area contributed by atoms with E-state index < -0.39 is 22.0 Å². The standard InChI is InChI=1S/C25H34N4O4S/c1-4-28-13-15-29(16-14-28)34(32,33)22-12-8-11-21(18-22)26-25(31)24(20-9-6-5-7-10-20)27-23(30)17-19(2)3/h5-12,18-19,24H,4,13-17H2,1-3H3,(H,26,31)(H,27,30). The molecule has 0 radical (unpaired) electrons. The molecule has 34 heavy (non-hydrogen) atoms. The van der Waals surface area contributed by atoms with Gasteiger partial charge < -0.3 is 15.5 Å². The van der Waals surface area contributed by atoms with E-state index in [1.807, 2.05) is 19.9 Å². The number of sulfonamides is 1. The van der Waals surface area contributed by atoms with Gasteiger partial charge in [0.25, 0.3) is 5.91 Å². The van der Waals surface area contributed by atoms with E-state index in [-0.39, 0.29) is 16.7 Å². The van der Waals surface area contributed by atoms with Gasteiger partial charge in [-0.05, 0) is 36.2 Å². The zero-order valence-corrected chi connectivity index (χ0v) is 20.8. The van der Waals surface area contributed by atoms with E-state index in [2.05, 4.69) is 22.5 Å². The Kier molecular flexibility index (Phi) is 8.82. The Bertz CT molecular complexity index is 1080. The minimum absolute atomic E-state index is 0.135. The van der Waals surface area contributed by atoms with Crippen LogP contribution in [0.2, 0.25) is 0 Å². The van der Waals surface area contributed by atoms with Crippen LogP contribution in [0.3, 0.4) is 0 Å². The maximum Gasteiger partial charge on any atom is 0.251 e. The summed E-state index contributed by atoms with van der Waals surface area (Å²) >= 11 is 0. The summed E-state index contributed by atoms with van der Waals surface area (Å²) in [7, 11) is -3.67. The van der Waals surface area contributed by atoms with Gasteiger partial charge in [0.1, 0.15) is 6.04 Å². The Labute approximate surface area is 202 Å². The smallest absolute Gasteiger partial charge is 0.251 e. The lowest BCUT2D eigenvalue weighted by Crippen LogP contribution is -2.48. The van der Waals surface area contributed by atoms with E-state index in [1.54, 1.807) is 36.4 Å². The third-order valence-electron chi connectivity index (χ3n) is 5.81. The number of carbonyl (C=O) groups is 2. The molecule has 0 saturated carbocycles.